The number of imide groups is 1. The second-order valence-corrected chi connectivity index (χ2v) is 6.30. The number of hydrogen-bond acceptors (Lipinski definition) is 10. The molecule has 1 aliphatic heterocycles. The van der Waals surface area contributed by atoms with Crippen LogP contribution in [0.3, 0.4) is 0 Å². The van der Waals surface area contributed by atoms with Crippen LogP contribution in [-0.4, -0.2) is 59.8 Å². The molecule has 0 saturated heterocycles. The summed E-state index contributed by atoms with van der Waals surface area (Å²) in [5.74, 6) is -4.45. The molecule has 1 heterocycles. The van der Waals surface area contributed by atoms with Crippen LogP contribution in [0.5, 0.6) is 5.75 Å². The molecule has 2 aromatic carbocycles. The molecule has 12 heteroatoms. The Kier molecular flexibility index (Phi) is 6.24. The lowest BCUT2D eigenvalue weighted by atomic mass is 10.1. The Hall–Kier alpha value is -4.61. The van der Waals surface area contributed by atoms with Gasteiger partial charge in [-0.05, 0) is 30.3 Å². The van der Waals surface area contributed by atoms with E-state index in [4.69, 9.17) is 9.47 Å². The molecule has 2 aromatic rings. The number of carbonyl (C=O) groups excluding carboxylic acids is 5. The Morgan fingerprint density at radius 2 is 1.69 bits per heavy atom. The summed E-state index contributed by atoms with van der Waals surface area (Å²) in [4.78, 5) is 70.8. The first-order valence-corrected chi connectivity index (χ1v) is 8.91. The van der Waals surface area contributed by atoms with E-state index in [1.807, 2.05) is 0 Å². The van der Waals surface area contributed by atoms with Crippen molar-refractivity contribution in [3.05, 3.63) is 69.3 Å². The first-order chi connectivity index (χ1) is 15.2. The number of nitro benzene ring substituents is 1. The van der Waals surface area contributed by atoms with E-state index in [2.05, 4.69) is 4.74 Å². The summed E-state index contributed by atoms with van der Waals surface area (Å²) in [6.07, 6.45) is 0. The van der Waals surface area contributed by atoms with Crippen molar-refractivity contribution in [1.29, 1.82) is 0 Å². The van der Waals surface area contributed by atoms with Crippen LogP contribution in [0, 0.1) is 10.1 Å². The van der Waals surface area contributed by atoms with Crippen LogP contribution in [-0.2, 0) is 19.1 Å². The lowest BCUT2D eigenvalue weighted by Crippen LogP contribution is -2.36. The Morgan fingerprint density at radius 1 is 1.00 bits per heavy atom. The second-order valence-electron chi connectivity index (χ2n) is 6.30. The van der Waals surface area contributed by atoms with Crippen LogP contribution in [0.1, 0.15) is 31.1 Å². The summed E-state index contributed by atoms with van der Waals surface area (Å²) in [7, 11) is 1.22. The summed E-state index contributed by atoms with van der Waals surface area (Å²) in [5.41, 5.74) is -0.935. The van der Waals surface area contributed by atoms with Crippen LogP contribution < -0.4 is 4.74 Å². The number of ether oxygens (including phenoxy) is 3. The number of amides is 2. The molecule has 0 fully saturated rings. The highest BCUT2D eigenvalue weighted by Gasteiger charge is 2.42. The van der Waals surface area contributed by atoms with E-state index in [0.29, 0.717) is 4.90 Å². The van der Waals surface area contributed by atoms with Crippen molar-refractivity contribution < 1.29 is 43.1 Å². The van der Waals surface area contributed by atoms with Gasteiger partial charge < -0.3 is 14.2 Å². The number of fused-ring (bicyclic) bond motifs is 1. The molecule has 0 bridgehead atoms. The lowest BCUT2D eigenvalue weighted by molar-refractivity contribution is -0.385. The highest BCUT2D eigenvalue weighted by Crippen LogP contribution is 2.30. The number of esters is 3. The third kappa shape index (κ3) is 4.43. The molecule has 2 amide bonds. The molecule has 0 aliphatic carbocycles. The third-order valence-corrected chi connectivity index (χ3v) is 4.32. The smallest absolute Gasteiger partial charge is 0.349 e. The van der Waals surface area contributed by atoms with Gasteiger partial charge in [-0.2, -0.15) is 0 Å². The van der Waals surface area contributed by atoms with E-state index < -0.39 is 59.0 Å². The molecule has 0 radical (unpaired) electrons. The van der Waals surface area contributed by atoms with E-state index >= 15 is 0 Å². The van der Waals surface area contributed by atoms with Crippen molar-refractivity contribution in [2.75, 3.05) is 20.3 Å². The molecule has 32 heavy (non-hydrogen) atoms. The highest BCUT2D eigenvalue weighted by atomic mass is 16.6. The van der Waals surface area contributed by atoms with E-state index in [9.17, 15) is 34.1 Å². The maximum Gasteiger partial charge on any atom is 0.349 e. The number of hydrogen-bond donors (Lipinski definition) is 0. The van der Waals surface area contributed by atoms with Gasteiger partial charge in [0.05, 0.1) is 23.2 Å². The van der Waals surface area contributed by atoms with Crippen molar-refractivity contribution in [2.45, 2.75) is 0 Å². The van der Waals surface area contributed by atoms with Crippen LogP contribution in [0.15, 0.2) is 42.5 Å². The van der Waals surface area contributed by atoms with Gasteiger partial charge in [-0.1, -0.05) is 6.07 Å². The minimum absolute atomic E-state index is 0.0753. The topological polar surface area (TPSA) is 159 Å². The van der Waals surface area contributed by atoms with Gasteiger partial charge in [0.25, 0.3) is 17.5 Å². The number of nitro groups is 1. The number of carbonyl (C=O) groups is 5. The Bertz CT molecular complexity index is 1140. The minimum atomic E-state index is -1.10. The van der Waals surface area contributed by atoms with Crippen LogP contribution in [0.4, 0.5) is 5.69 Å². The molecule has 0 spiro atoms. The Balaban J connectivity index is 1.56. The normalized spacial score (nSPS) is 12.2. The molecule has 1 aliphatic rings. The van der Waals surface area contributed by atoms with E-state index in [0.717, 1.165) is 6.07 Å². The molecule has 12 nitrogen and oxygen atoms in total. The fourth-order valence-corrected chi connectivity index (χ4v) is 2.86. The summed E-state index contributed by atoms with van der Waals surface area (Å²) in [6.45, 7) is -1.66. The zero-order chi connectivity index (χ0) is 23.4. The fraction of sp³-hybridized carbons (Fsp3) is 0.150. The molecule has 0 saturated carbocycles. The average Bonchev–Trinajstić information content (AvgIpc) is 3.02. The molecule has 0 N–H and O–H groups in total. The molecule has 164 valence electrons. The standard InChI is InChI=1S/C20H14N2O10/c1-30-20(27)11-5-7-12(8-6-11)32-16(24)10-31-15(23)9-21-18(25)13-3-2-4-14(22(28)29)17(13)19(21)26/h2-8H,9-10H2,1H3. The predicted molar refractivity (Wildman–Crippen MR) is 103 cm³/mol. The first kappa shape index (κ1) is 22.1. The van der Waals surface area contributed by atoms with E-state index in [1.54, 1.807) is 0 Å². The average molecular weight is 442 g/mol. The van der Waals surface area contributed by atoms with Gasteiger partial charge in [-0.25, -0.2) is 9.59 Å². The number of methoxy groups -OCH3 is 1. The predicted octanol–water partition coefficient (Wildman–Crippen LogP) is 1.13. The zero-order valence-electron chi connectivity index (χ0n) is 16.4. The van der Waals surface area contributed by atoms with Gasteiger partial charge in [0.1, 0.15) is 17.9 Å². The fourth-order valence-electron chi connectivity index (χ4n) is 2.86. The summed E-state index contributed by atoms with van der Waals surface area (Å²) in [5, 5.41) is 11.1. The molecule has 0 aromatic heterocycles. The molecular weight excluding hydrogens is 428 g/mol. The Labute approximate surface area is 179 Å². The van der Waals surface area contributed by atoms with Gasteiger partial charge in [0.2, 0.25) is 0 Å². The summed E-state index contributed by atoms with van der Waals surface area (Å²) < 4.78 is 14.2. The maximum absolute atomic E-state index is 12.4. The van der Waals surface area contributed by atoms with Crippen molar-refractivity contribution >= 4 is 35.4 Å². The number of rotatable bonds is 7. The second kappa shape index (κ2) is 9.04. The monoisotopic (exact) mass is 442 g/mol. The van der Waals surface area contributed by atoms with Crippen LogP contribution in [0.25, 0.3) is 0 Å². The SMILES string of the molecule is COC(=O)c1ccc(OC(=O)COC(=O)CN2C(=O)c3cccc([N+](=O)[O-])c3C2=O)cc1. The van der Waals surface area contributed by atoms with Crippen molar-refractivity contribution in [2.24, 2.45) is 0 Å². The highest BCUT2D eigenvalue weighted by molar-refractivity contribution is 6.24. The van der Waals surface area contributed by atoms with Gasteiger partial charge in [-0.15, -0.1) is 0 Å². The van der Waals surface area contributed by atoms with E-state index in [-0.39, 0.29) is 16.9 Å². The quantitative estimate of drug-likeness (QED) is 0.200. The van der Waals surface area contributed by atoms with Gasteiger partial charge in [0.15, 0.2) is 6.61 Å². The first-order valence-electron chi connectivity index (χ1n) is 8.91. The minimum Gasteiger partial charge on any atom is -0.465 e. The summed E-state index contributed by atoms with van der Waals surface area (Å²) in [6, 6.07) is 8.94. The van der Waals surface area contributed by atoms with Crippen molar-refractivity contribution in [3.63, 3.8) is 0 Å². The molecular formula is C20H14N2O10. The molecule has 0 atom stereocenters. The largest absolute Gasteiger partial charge is 0.465 e. The maximum atomic E-state index is 12.4. The van der Waals surface area contributed by atoms with Crippen LogP contribution in [0.2, 0.25) is 0 Å². The third-order valence-electron chi connectivity index (χ3n) is 4.32. The Morgan fingerprint density at radius 3 is 2.31 bits per heavy atom. The van der Waals surface area contributed by atoms with Gasteiger partial charge in [0, 0.05) is 6.07 Å². The number of benzene rings is 2. The number of nitrogens with zero attached hydrogens (tertiary/aromatic N) is 2. The van der Waals surface area contributed by atoms with Crippen LogP contribution >= 0.6 is 0 Å². The van der Waals surface area contributed by atoms with Crippen molar-refractivity contribution in [1.82, 2.24) is 4.90 Å². The molecule has 0 unspecified atom stereocenters. The van der Waals surface area contributed by atoms with Crippen molar-refractivity contribution in [3.8, 4) is 5.75 Å². The summed E-state index contributed by atoms with van der Waals surface area (Å²) >= 11 is 0. The van der Waals surface area contributed by atoms with E-state index in [1.165, 1.54) is 43.5 Å². The molecule has 3 rings (SSSR count). The lowest BCUT2D eigenvalue weighted by Gasteiger charge is -2.12. The zero-order valence-corrected chi connectivity index (χ0v) is 16.4. The van der Waals surface area contributed by atoms with Gasteiger partial charge in [-0.3, -0.25) is 29.4 Å². The van der Waals surface area contributed by atoms with Gasteiger partial charge >= 0.3 is 17.9 Å².